The van der Waals surface area contributed by atoms with E-state index in [1.165, 1.54) is 0 Å². The Hall–Kier alpha value is -1.12. The van der Waals surface area contributed by atoms with Crippen molar-refractivity contribution >= 4 is 18.3 Å². The van der Waals surface area contributed by atoms with Gasteiger partial charge in [0.15, 0.2) is 0 Å². The highest BCUT2D eigenvalue weighted by Crippen LogP contribution is 2.41. The SMILES string of the molecule is CN(C)C(=[N+](C)C)P(=O)(O)c1ccccc1. The largest absolute Gasteiger partial charge is 0.338 e. The number of amidine groups is 1. The topological polar surface area (TPSA) is 43.5 Å². The molecular formula is C11H18N2O2P+. The summed E-state index contributed by atoms with van der Waals surface area (Å²) in [5.41, 5.74) is 0.415. The van der Waals surface area contributed by atoms with Gasteiger partial charge in [-0.2, -0.15) is 0 Å². The van der Waals surface area contributed by atoms with Crippen LogP contribution in [0, 0.1) is 0 Å². The smallest absolute Gasteiger partial charge is 0.333 e. The molecule has 0 spiro atoms. The molecule has 1 rings (SSSR count). The van der Waals surface area contributed by atoms with Gasteiger partial charge < -0.3 is 4.89 Å². The zero-order valence-corrected chi connectivity index (χ0v) is 11.0. The fraction of sp³-hybridized carbons (Fsp3) is 0.364. The molecule has 1 atom stereocenters. The Kier molecular flexibility index (Phi) is 3.89. The van der Waals surface area contributed by atoms with Crippen molar-refractivity contribution in [2.24, 2.45) is 0 Å². The summed E-state index contributed by atoms with van der Waals surface area (Å²) in [6.45, 7) is 0. The summed E-state index contributed by atoms with van der Waals surface area (Å²) >= 11 is 0. The molecule has 0 aliphatic heterocycles. The number of benzene rings is 1. The molecule has 5 heteroatoms. The molecule has 1 aromatic rings. The third-order valence-corrected chi connectivity index (χ3v) is 4.52. The molecule has 0 heterocycles. The summed E-state index contributed by atoms with van der Waals surface area (Å²) in [5, 5.41) is 0.451. The Labute approximate surface area is 96.3 Å². The van der Waals surface area contributed by atoms with Crippen LogP contribution in [-0.4, -0.2) is 48.1 Å². The van der Waals surface area contributed by atoms with E-state index in [9.17, 15) is 9.46 Å². The van der Waals surface area contributed by atoms with Gasteiger partial charge in [0.25, 0.3) is 0 Å². The first-order valence-corrected chi connectivity index (χ1v) is 6.64. The normalized spacial score (nSPS) is 14.1. The first kappa shape index (κ1) is 12.9. The van der Waals surface area contributed by atoms with Crippen LogP contribution in [0.25, 0.3) is 0 Å². The molecule has 0 saturated heterocycles. The average molecular weight is 241 g/mol. The fourth-order valence-corrected chi connectivity index (χ4v) is 3.58. The maximum Gasteiger partial charge on any atom is 0.338 e. The van der Waals surface area contributed by atoms with Gasteiger partial charge in [-0.25, -0.2) is 0 Å². The molecule has 88 valence electrons. The lowest BCUT2D eigenvalue weighted by atomic mass is 10.4. The maximum absolute atomic E-state index is 12.4. The van der Waals surface area contributed by atoms with Crippen LogP contribution in [-0.2, 0) is 4.57 Å². The Morgan fingerprint density at radius 3 is 2.12 bits per heavy atom. The van der Waals surface area contributed by atoms with E-state index in [0.717, 1.165) is 0 Å². The summed E-state index contributed by atoms with van der Waals surface area (Å²) in [7, 11) is 3.56. The van der Waals surface area contributed by atoms with Crippen LogP contribution in [0.5, 0.6) is 0 Å². The molecule has 0 aliphatic carbocycles. The minimum Gasteiger partial charge on any atom is -0.333 e. The lowest BCUT2D eigenvalue weighted by molar-refractivity contribution is -0.467. The Bertz CT molecular complexity index is 437. The minimum absolute atomic E-state index is 0.415. The van der Waals surface area contributed by atoms with Gasteiger partial charge in [-0.05, 0) is 12.1 Å². The van der Waals surface area contributed by atoms with E-state index in [2.05, 4.69) is 0 Å². The van der Waals surface area contributed by atoms with Crippen LogP contribution < -0.4 is 5.30 Å². The zero-order valence-electron chi connectivity index (χ0n) is 10.1. The molecule has 0 fully saturated rings. The van der Waals surface area contributed by atoms with E-state index < -0.39 is 7.37 Å². The highest BCUT2D eigenvalue weighted by Gasteiger charge is 2.37. The predicted molar refractivity (Wildman–Crippen MR) is 66.7 cm³/mol. The molecule has 0 aromatic heterocycles. The summed E-state index contributed by atoms with van der Waals surface area (Å²) in [6.07, 6.45) is 0. The quantitative estimate of drug-likeness (QED) is 0.360. The van der Waals surface area contributed by atoms with Crippen molar-refractivity contribution in [2.75, 3.05) is 28.2 Å². The summed E-state index contributed by atoms with van der Waals surface area (Å²) in [5.74, 6) is 0. The second-order valence-corrected chi connectivity index (χ2v) is 6.07. The summed E-state index contributed by atoms with van der Waals surface area (Å²) in [4.78, 5) is 11.9. The molecule has 0 amide bonds. The van der Waals surface area contributed by atoms with Crippen LogP contribution in [0.15, 0.2) is 30.3 Å². The zero-order chi connectivity index (χ0) is 12.3. The maximum atomic E-state index is 12.4. The van der Waals surface area contributed by atoms with E-state index in [-0.39, 0.29) is 0 Å². The Morgan fingerprint density at radius 1 is 1.25 bits per heavy atom. The molecular weight excluding hydrogens is 223 g/mol. The lowest BCUT2D eigenvalue weighted by Gasteiger charge is -2.16. The van der Waals surface area contributed by atoms with E-state index in [1.54, 1.807) is 61.9 Å². The fourth-order valence-electron chi connectivity index (χ4n) is 1.69. The van der Waals surface area contributed by atoms with Crippen molar-refractivity contribution in [3.63, 3.8) is 0 Å². The summed E-state index contributed by atoms with van der Waals surface area (Å²) < 4.78 is 14.1. The van der Waals surface area contributed by atoms with Gasteiger partial charge >= 0.3 is 12.9 Å². The standard InChI is InChI=1S/C11H17N2O2P/c1-12(2)11(13(3)4)16(14,15)10-8-6-5-7-9-10/h5-9H,1-4H3/p+1. The van der Waals surface area contributed by atoms with Crippen molar-refractivity contribution in [3.05, 3.63) is 30.3 Å². The molecule has 0 radical (unpaired) electrons. The molecule has 0 bridgehead atoms. The van der Waals surface area contributed by atoms with Crippen LogP contribution in [0.1, 0.15) is 0 Å². The van der Waals surface area contributed by atoms with Crippen LogP contribution in [0.4, 0.5) is 0 Å². The molecule has 16 heavy (non-hydrogen) atoms. The molecule has 0 aliphatic rings. The average Bonchev–Trinajstić information content (AvgIpc) is 2.17. The van der Waals surface area contributed by atoms with Gasteiger partial charge in [0.05, 0.1) is 28.2 Å². The van der Waals surface area contributed by atoms with E-state index in [0.29, 0.717) is 10.9 Å². The van der Waals surface area contributed by atoms with E-state index in [4.69, 9.17) is 0 Å². The minimum atomic E-state index is -3.50. The monoisotopic (exact) mass is 241 g/mol. The highest BCUT2D eigenvalue weighted by atomic mass is 31.2. The second kappa shape index (κ2) is 4.81. The molecule has 1 N–H and O–H groups in total. The van der Waals surface area contributed by atoms with Gasteiger partial charge in [0, 0.05) is 5.30 Å². The Balaban J connectivity index is 3.32. The van der Waals surface area contributed by atoms with Gasteiger partial charge in [-0.15, -0.1) is 0 Å². The molecule has 1 unspecified atom stereocenters. The van der Waals surface area contributed by atoms with Gasteiger partial charge in [-0.1, -0.05) is 18.2 Å². The molecule has 0 saturated carbocycles. The number of hydrogen-bond donors (Lipinski definition) is 1. The van der Waals surface area contributed by atoms with E-state index in [1.807, 2.05) is 6.07 Å². The van der Waals surface area contributed by atoms with Crippen molar-refractivity contribution in [1.29, 1.82) is 0 Å². The van der Waals surface area contributed by atoms with Gasteiger partial charge in [-0.3, -0.25) is 14.0 Å². The van der Waals surface area contributed by atoms with Gasteiger partial charge in [0.1, 0.15) is 0 Å². The number of nitrogens with zero attached hydrogens (tertiary/aromatic N) is 2. The predicted octanol–water partition coefficient (Wildman–Crippen LogP) is 0.772. The number of rotatable bonds is 2. The molecule has 4 nitrogen and oxygen atoms in total. The summed E-state index contributed by atoms with van der Waals surface area (Å²) in [6, 6.07) is 8.71. The van der Waals surface area contributed by atoms with Crippen molar-refractivity contribution in [2.45, 2.75) is 0 Å². The second-order valence-electron chi connectivity index (χ2n) is 4.00. The third kappa shape index (κ3) is 2.52. The molecule has 1 aromatic carbocycles. The van der Waals surface area contributed by atoms with Crippen LogP contribution in [0.3, 0.4) is 0 Å². The van der Waals surface area contributed by atoms with Crippen molar-refractivity contribution in [1.82, 2.24) is 4.90 Å². The first-order chi connectivity index (χ1) is 7.37. The first-order valence-electron chi connectivity index (χ1n) is 4.98. The van der Waals surface area contributed by atoms with Crippen molar-refractivity contribution < 1.29 is 14.0 Å². The van der Waals surface area contributed by atoms with Crippen LogP contribution in [0.2, 0.25) is 0 Å². The van der Waals surface area contributed by atoms with Crippen LogP contribution >= 0.6 is 7.37 Å². The van der Waals surface area contributed by atoms with Gasteiger partial charge in [0.2, 0.25) is 0 Å². The Morgan fingerprint density at radius 2 is 1.75 bits per heavy atom. The third-order valence-electron chi connectivity index (χ3n) is 2.18. The van der Waals surface area contributed by atoms with E-state index >= 15 is 0 Å². The highest BCUT2D eigenvalue weighted by molar-refractivity contribution is 7.81. The lowest BCUT2D eigenvalue weighted by Crippen LogP contribution is -2.32. The number of hydrogen-bond acceptors (Lipinski definition) is 1. The van der Waals surface area contributed by atoms with Crippen molar-refractivity contribution in [3.8, 4) is 0 Å².